The summed E-state index contributed by atoms with van der Waals surface area (Å²) in [5.74, 6) is -1.06. The molecule has 0 saturated heterocycles. The van der Waals surface area contributed by atoms with Crippen LogP contribution >= 0.6 is 15.9 Å². The fourth-order valence-corrected chi connectivity index (χ4v) is 5.70. The van der Waals surface area contributed by atoms with E-state index in [0.717, 1.165) is 22.2 Å². The summed E-state index contributed by atoms with van der Waals surface area (Å²) in [7, 11) is -4.50. The van der Waals surface area contributed by atoms with Gasteiger partial charge in [0.2, 0.25) is 11.8 Å². The van der Waals surface area contributed by atoms with Gasteiger partial charge in [-0.3, -0.25) is 13.9 Å². The van der Waals surface area contributed by atoms with Gasteiger partial charge in [0.15, 0.2) is 0 Å². The zero-order chi connectivity index (χ0) is 31.2. The van der Waals surface area contributed by atoms with Crippen molar-refractivity contribution in [3.63, 3.8) is 0 Å². The Kier molecular flexibility index (Phi) is 10.8. The van der Waals surface area contributed by atoms with Crippen LogP contribution in [-0.2, 0) is 32.3 Å². The highest BCUT2D eigenvalue weighted by atomic mass is 79.9. The van der Waals surface area contributed by atoms with Gasteiger partial charge < -0.3 is 10.2 Å². The normalized spacial score (nSPS) is 12.6. The predicted molar refractivity (Wildman–Crippen MR) is 159 cm³/mol. The van der Waals surface area contributed by atoms with E-state index in [2.05, 4.69) is 21.2 Å². The number of carbonyl (C=O) groups is 2. The maximum Gasteiger partial charge on any atom is 0.416 e. The van der Waals surface area contributed by atoms with Crippen molar-refractivity contribution in [3.05, 3.63) is 94.0 Å². The van der Waals surface area contributed by atoms with Crippen LogP contribution in [0.3, 0.4) is 0 Å². The second-order valence-electron chi connectivity index (χ2n) is 10.3. The van der Waals surface area contributed by atoms with Gasteiger partial charge in [-0.15, -0.1) is 0 Å². The third kappa shape index (κ3) is 8.57. The van der Waals surface area contributed by atoms with Gasteiger partial charge >= 0.3 is 6.18 Å². The highest BCUT2D eigenvalue weighted by molar-refractivity contribution is 9.10. The van der Waals surface area contributed by atoms with E-state index in [1.165, 1.54) is 30.0 Å². The zero-order valence-electron chi connectivity index (χ0n) is 23.7. The number of anilines is 1. The molecule has 7 nitrogen and oxygen atoms in total. The Morgan fingerprint density at radius 3 is 2.14 bits per heavy atom. The van der Waals surface area contributed by atoms with E-state index >= 15 is 0 Å². The molecule has 0 radical (unpaired) electrons. The molecule has 0 fully saturated rings. The molecule has 1 unspecified atom stereocenters. The number of amides is 2. The molecule has 3 aromatic rings. The lowest BCUT2D eigenvalue weighted by atomic mass is 10.1. The lowest BCUT2D eigenvalue weighted by molar-refractivity contribution is -0.139. The van der Waals surface area contributed by atoms with Crippen molar-refractivity contribution in [2.75, 3.05) is 17.4 Å². The van der Waals surface area contributed by atoms with Crippen molar-refractivity contribution in [2.45, 2.75) is 51.4 Å². The fraction of sp³-hybridized carbons (Fsp3) is 0.333. The molecular formula is C30H33BrF3N3O4S. The van der Waals surface area contributed by atoms with Crippen LogP contribution < -0.4 is 9.62 Å². The van der Waals surface area contributed by atoms with Crippen LogP contribution in [0.25, 0.3) is 0 Å². The van der Waals surface area contributed by atoms with E-state index in [-0.39, 0.29) is 23.0 Å². The average molecular weight is 669 g/mol. The summed E-state index contributed by atoms with van der Waals surface area (Å²) in [6, 6.07) is 15.6. The maximum atomic E-state index is 13.9. The largest absolute Gasteiger partial charge is 0.416 e. The molecule has 0 heterocycles. The minimum absolute atomic E-state index is 0.0383. The SMILES string of the molecule is Cc1ccc(S(=O)(=O)N(CC(=O)N(Cc2ccc(Br)cc2)C(C)C(=O)NCC(C)C)c2cccc(C(F)(F)F)c2)cc1. The van der Waals surface area contributed by atoms with Crippen LogP contribution in [0.4, 0.5) is 18.9 Å². The van der Waals surface area contributed by atoms with Gasteiger partial charge in [-0.05, 0) is 67.8 Å². The van der Waals surface area contributed by atoms with Gasteiger partial charge in [0, 0.05) is 17.6 Å². The van der Waals surface area contributed by atoms with Gasteiger partial charge in [0.1, 0.15) is 12.6 Å². The summed E-state index contributed by atoms with van der Waals surface area (Å²) in [5, 5.41) is 2.79. The summed E-state index contributed by atoms with van der Waals surface area (Å²) in [6.45, 7) is 6.60. The first-order valence-corrected chi connectivity index (χ1v) is 15.4. The molecule has 226 valence electrons. The Hall–Kier alpha value is -3.38. The molecule has 1 N–H and O–H groups in total. The first kappa shape index (κ1) is 33.1. The summed E-state index contributed by atoms with van der Waals surface area (Å²) in [5.41, 5.74) is 0.0450. The molecular weight excluding hydrogens is 635 g/mol. The van der Waals surface area contributed by atoms with Crippen molar-refractivity contribution in [1.29, 1.82) is 0 Å². The summed E-state index contributed by atoms with van der Waals surface area (Å²) < 4.78 is 69.9. The number of nitrogens with zero attached hydrogens (tertiary/aromatic N) is 2. The van der Waals surface area contributed by atoms with Gasteiger partial charge in [-0.25, -0.2) is 8.42 Å². The van der Waals surface area contributed by atoms with E-state index in [1.807, 2.05) is 13.8 Å². The second kappa shape index (κ2) is 13.7. The quantitative estimate of drug-likeness (QED) is 0.265. The monoisotopic (exact) mass is 667 g/mol. The first-order valence-electron chi connectivity index (χ1n) is 13.2. The Morgan fingerprint density at radius 2 is 1.57 bits per heavy atom. The Balaban J connectivity index is 2.07. The van der Waals surface area contributed by atoms with Crippen LogP contribution in [0.5, 0.6) is 0 Å². The van der Waals surface area contributed by atoms with Gasteiger partial charge in [0.05, 0.1) is 16.1 Å². The topological polar surface area (TPSA) is 86.8 Å². The number of rotatable bonds is 11. The standard InChI is InChI=1S/C30H33BrF3N3O4S/c1-20(2)17-35-29(39)22(4)36(18-23-10-12-25(31)13-11-23)28(38)19-37(26-7-5-6-24(16-26)30(32,33)34)42(40,41)27-14-8-21(3)9-15-27/h5-16,20,22H,17-19H2,1-4H3,(H,35,39). The number of hydrogen-bond acceptors (Lipinski definition) is 4. The molecule has 12 heteroatoms. The second-order valence-corrected chi connectivity index (χ2v) is 13.1. The summed E-state index contributed by atoms with van der Waals surface area (Å²) in [4.78, 5) is 28.0. The number of sulfonamides is 1. The van der Waals surface area contributed by atoms with Gasteiger partial charge in [0.25, 0.3) is 10.0 Å². The van der Waals surface area contributed by atoms with E-state index in [1.54, 1.807) is 43.3 Å². The van der Waals surface area contributed by atoms with Crippen molar-refractivity contribution < 1.29 is 31.2 Å². The molecule has 0 aromatic heterocycles. The van der Waals surface area contributed by atoms with Crippen molar-refractivity contribution in [1.82, 2.24) is 10.2 Å². The predicted octanol–water partition coefficient (Wildman–Crippen LogP) is 6.16. The molecule has 0 spiro atoms. The smallest absolute Gasteiger partial charge is 0.354 e. The van der Waals surface area contributed by atoms with Crippen molar-refractivity contribution in [3.8, 4) is 0 Å². The minimum Gasteiger partial charge on any atom is -0.354 e. The highest BCUT2D eigenvalue weighted by Crippen LogP contribution is 2.33. The van der Waals surface area contributed by atoms with Crippen LogP contribution in [-0.4, -0.2) is 44.3 Å². The highest BCUT2D eigenvalue weighted by Gasteiger charge is 2.35. The Labute approximate surface area is 252 Å². The van der Waals surface area contributed by atoms with Gasteiger partial charge in [-0.2, -0.15) is 13.2 Å². The fourth-order valence-electron chi connectivity index (χ4n) is 4.03. The lowest BCUT2D eigenvalue weighted by Gasteiger charge is -2.32. The van der Waals surface area contributed by atoms with Crippen LogP contribution in [0.2, 0.25) is 0 Å². The molecule has 1 atom stereocenters. The number of halogens is 4. The molecule has 3 aromatic carbocycles. The first-order chi connectivity index (χ1) is 19.6. The number of alkyl halides is 3. The number of benzene rings is 3. The molecule has 0 aliphatic heterocycles. The van der Waals surface area contributed by atoms with E-state index < -0.39 is 46.2 Å². The number of hydrogen-bond donors (Lipinski definition) is 1. The third-order valence-corrected chi connectivity index (χ3v) is 8.78. The molecule has 42 heavy (non-hydrogen) atoms. The van der Waals surface area contributed by atoms with Crippen molar-refractivity contribution >= 4 is 43.5 Å². The summed E-state index contributed by atoms with van der Waals surface area (Å²) >= 11 is 3.36. The number of aryl methyl sites for hydroxylation is 1. The Bertz CT molecular complexity index is 1500. The van der Waals surface area contributed by atoms with E-state index in [4.69, 9.17) is 0 Å². The molecule has 0 aliphatic carbocycles. The molecule has 3 rings (SSSR count). The molecule has 0 bridgehead atoms. The third-order valence-electron chi connectivity index (χ3n) is 6.47. The van der Waals surface area contributed by atoms with Crippen LogP contribution in [0.15, 0.2) is 82.2 Å². The molecule has 0 saturated carbocycles. The van der Waals surface area contributed by atoms with Crippen LogP contribution in [0.1, 0.15) is 37.5 Å². The minimum atomic E-state index is -4.74. The number of nitrogens with one attached hydrogen (secondary N) is 1. The lowest BCUT2D eigenvalue weighted by Crippen LogP contribution is -2.51. The average Bonchev–Trinajstić information content (AvgIpc) is 2.93. The van der Waals surface area contributed by atoms with E-state index in [9.17, 15) is 31.2 Å². The Morgan fingerprint density at radius 1 is 0.952 bits per heavy atom. The molecule has 0 aliphatic rings. The molecule has 2 amide bonds. The summed E-state index contributed by atoms with van der Waals surface area (Å²) in [6.07, 6.45) is -4.74. The van der Waals surface area contributed by atoms with Crippen molar-refractivity contribution in [2.24, 2.45) is 5.92 Å². The van der Waals surface area contributed by atoms with E-state index in [0.29, 0.717) is 22.5 Å². The zero-order valence-corrected chi connectivity index (χ0v) is 26.1. The maximum absolute atomic E-state index is 13.9. The van der Waals surface area contributed by atoms with Gasteiger partial charge in [-0.1, -0.05) is 65.7 Å². The van der Waals surface area contributed by atoms with Crippen LogP contribution in [0, 0.1) is 12.8 Å². The number of carbonyl (C=O) groups excluding carboxylic acids is 2.